The van der Waals surface area contributed by atoms with Gasteiger partial charge in [0.2, 0.25) is 0 Å². The predicted molar refractivity (Wildman–Crippen MR) is 78.0 cm³/mol. The van der Waals surface area contributed by atoms with Gasteiger partial charge in [0.05, 0.1) is 0 Å². The van der Waals surface area contributed by atoms with Crippen LogP contribution in [-0.2, 0) is 4.74 Å². The summed E-state index contributed by atoms with van der Waals surface area (Å²) in [6.45, 7) is 14.4. The monoisotopic (exact) mass is 256 g/mol. The Bertz CT molecular complexity index is 211. The van der Waals surface area contributed by atoms with Crippen molar-refractivity contribution in [3.05, 3.63) is 0 Å². The number of nitrogens with one attached hydrogen (secondary N) is 1. The van der Waals surface area contributed by atoms with E-state index in [-0.39, 0.29) is 0 Å². The van der Waals surface area contributed by atoms with Crippen LogP contribution in [-0.4, -0.2) is 49.8 Å². The first kappa shape index (κ1) is 15.9. The van der Waals surface area contributed by atoms with E-state index in [4.69, 9.17) is 4.74 Å². The lowest BCUT2D eigenvalue weighted by Gasteiger charge is -2.31. The lowest BCUT2D eigenvalue weighted by Crippen LogP contribution is -2.44. The summed E-state index contributed by atoms with van der Waals surface area (Å²) in [5.41, 5.74) is 0. The molecule has 0 radical (unpaired) electrons. The minimum Gasteiger partial charge on any atom is -0.382 e. The first-order valence-electron chi connectivity index (χ1n) is 7.74. The van der Waals surface area contributed by atoms with Gasteiger partial charge in [0.25, 0.3) is 0 Å². The molecule has 0 aromatic rings. The molecule has 0 amide bonds. The van der Waals surface area contributed by atoms with Gasteiger partial charge >= 0.3 is 0 Å². The van der Waals surface area contributed by atoms with Crippen LogP contribution in [0.1, 0.15) is 47.0 Å². The molecule has 0 aromatic carbocycles. The summed E-state index contributed by atoms with van der Waals surface area (Å²) in [5.74, 6) is 0.768. The zero-order chi connectivity index (χ0) is 13.4. The molecule has 1 saturated heterocycles. The van der Waals surface area contributed by atoms with Crippen LogP contribution in [0.4, 0.5) is 0 Å². The molecule has 1 aliphatic heterocycles. The molecular formula is C15H32N2O. The minimum atomic E-state index is 0.659. The molecule has 3 heteroatoms. The van der Waals surface area contributed by atoms with E-state index in [1.165, 1.54) is 25.9 Å². The van der Waals surface area contributed by atoms with E-state index < -0.39 is 0 Å². The summed E-state index contributed by atoms with van der Waals surface area (Å²) in [5, 5.41) is 3.72. The Kier molecular flexibility index (Phi) is 7.87. The molecule has 3 nitrogen and oxygen atoms in total. The molecule has 0 bridgehead atoms. The normalized spacial score (nSPS) is 28.0. The van der Waals surface area contributed by atoms with E-state index in [0.29, 0.717) is 12.1 Å². The molecular weight excluding hydrogens is 224 g/mol. The lowest BCUT2D eigenvalue weighted by atomic mass is 9.99. The Morgan fingerprint density at radius 1 is 1.39 bits per heavy atom. The quantitative estimate of drug-likeness (QED) is 0.708. The van der Waals surface area contributed by atoms with Gasteiger partial charge in [-0.05, 0) is 39.2 Å². The maximum atomic E-state index is 5.44. The van der Waals surface area contributed by atoms with E-state index in [2.05, 4.69) is 37.9 Å². The molecule has 1 fully saturated rings. The van der Waals surface area contributed by atoms with Crippen molar-refractivity contribution in [3.8, 4) is 0 Å². The molecule has 1 rings (SSSR count). The standard InChI is InChI=1S/C15H32N2O/c1-5-13(3)15-12-17(10-7-11-18-6-2)14(4)8-9-16-15/h13-16H,5-12H2,1-4H3. The number of ether oxygens (including phenoxy) is 1. The summed E-state index contributed by atoms with van der Waals surface area (Å²) in [6, 6.07) is 1.36. The maximum Gasteiger partial charge on any atom is 0.0478 e. The number of hydrogen-bond acceptors (Lipinski definition) is 3. The van der Waals surface area contributed by atoms with Crippen LogP contribution in [0.3, 0.4) is 0 Å². The van der Waals surface area contributed by atoms with Gasteiger partial charge in [0, 0.05) is 38.4 Å². The predicted octanol–water partition coefficient (Wildman–Crippen LogP) is 2.51. The first-order chi connectivity index (χ1) is 8.69. The maximum absolute atomic E-state index is 5.44. The zero-order valence-corrected chi connectivity index (χ0v) is 12.7. The Balaban J connectivity index is 2.40. The van der Waals surface area contributed by atoms with Gasteiger partial charge in [-0.2, -0.15) is 0 Å². The molecule has 0 aliphatic carbocycles. The summed E-state index contributed by atoms with van der Waals surface area (Å²) in [4.78, 5) is 2.65. The van der Waals surface area contributed by atoms with Crippen molar-refractivity contribution in [2.45, 2.75) is 59.0 Å². The van der Waals surface area contributed by atoms with Gasteiger partial charge in [0.15, 0.2) is 0 Å². The smallest absolute Gasteiger partial charge is 0.0478 e. The van der Waals surface area contributed by atoms with Gasteiger partial charge in [-0.1, -0.05) is 20.3 Å². The van der Waals surface area contributed by atoms with E-state index in [0.717, 1.165) is 32.1 Å². The van der Waals surface area contributed by atoms with E-state index in [1.807, 2.05) is 0 Å². The number of hydrogen-bond donors (Lipinski definition) is 1. The molecule has 1 N–H and O–H groups in total. The van der Waals surface area contributed by atoms with Gasteiger partial charge in [-0.15, -0.1) is 0 Å². The van der Waals surface area contributed by atoms with Crippen LogP contribution >= 0.6 is 0 Å². The fraction of sp³-hybridized carbons (Fsp3) is 1.00. The molecule has 0 saturated carbocycles. The highest BCUT2D eigenvalue weighted by Gasteiger charge is 2.25. The molecule has 1 aliphatic rings. The van der Waals surface area contributed by atoms with E-state index >= 15 is 0 Å². The zero-order valence-electron chi connectivity index (χ0n) is 12.7. The summed E-state index contributed by atoms with van der Waals surface area (Å²) < 4.78 is 5.44. The third-order valence-electron chi connectivity index (χ3n) is 4.29. The first-order valence-corrected chi connectivity index (χ1v) is 7.74. The Labute approximate surface area is 113 Å². The summed E-state index contributed by atoms with van der Waals surface area (Å²) in [7, 11) is 0. The molecule has 1 heterocycles. The van der Waals surface area contributed by atoms with Crippen molar-refractivity contribution < 1.29 is 4.74 Å². The number of nitrogens with zero attached hydrogens (tertiary/aromatic N) is 1. The second-order valence-corrected chi connectivity index (χ2v) is 5.63. The minimum absolute atomic E-state index is 0.659. The highest BCUT2D eigenvalue weighted by atomic mass is 16.5. The van der Waals surface area contributed by atoms with E-state index in [9.17, 15) is 0 Å². The van der Waals surface area contributed by atoms with Crippen molar-refractivity contribution in [3.63, 3.8) is 0 Å². The van der Waals surface area contributed by atoms with E-state index in [1.54, 1.807) is 0 Å². The Morgan fingerprint density at radius 2 is 2.17 bits per heavy atom. The molecule has 18 heavy (non-hydrogen) atoms. The van der Waals surface area contributed by atoms with Crippen LogP contribution in [0, 0.1) is 5.92 Å². The third-order valence-corrected chi connectivity index (χ3v) is 4.29. The topological polar surface area (TPSA) is 24.5 Å². The molecule has 0 spiro atoms. The highest BCUT2D eigenvalue weighted by molar-refractivity contribution is 4.83. The van der Waals surface area contributed by atoms with Crippen molar-refractivity contribution in [2.24, 2.45) is 5.92 Å². The van der Waals surface area contributed by atoms with Crippen LogP contribution in [0.15, 0.2) is 0 Å². The highest BCUT2D eigenvalue weighted by Crippen LogP contribution is 2.16. The average Bonchev–Trinajstić information content (AvgIpc) is 2.56. The Morgan fingerprint density at radius 3 is 2.83 bits per heavy atom. The van der Waals surface area contributed by atoms with Crippen LogP contribution in [0.25, 0.3) is 0 Å². The SMILES string of the molecule is CCOCCCN1CC(C(C)CC)NCCC1C. The Hall–Kier alpha value is -0.120. The van der Waals surface area contributed by atoms with Gasteiger partial charge < -0.3 is 10.1 Å². The van der Waals surface area contributed by atoms with Crippen molar-refractivity contribution in [2.75, 3.05) is 32.8 Å². The molecule has 3 unspecified atom stereocenters. The van der Waals surface area contributed by atoms with Gasteiger partial charge in [0.1, 0.15) is 0 Å². The third kappa shape index (κ3) is 5.25. The van der Waals surface area contributed by atoms with Crippen LogP contribution < -0.4 is 5.32 Å². The lowest BCUT2D eigenvalue weighted by molar-refractivity contribution is 0.119. The second kappa shape index (κ2) is 8.89. The van der Waals surface area contributed by atoms with Gasteiger partial charge in [-0.25, -0.2) is 0 Å². The second-order valence-electron chi connectivity index (χ2n) is 5.63. The largest absolute Gasteiger partial charge is 0.382 e. The summed E-state index contributed by atoms with van der Waals surface area (Å²) in [6.07, 6.45) is 3.69. The van der Waals surface area contributed by atoms with Crippen LogP contribution in [0.5, 0.6) is 0 Å². The van der Waals surface area contributed by atoms with Gasteiger partial charge in [-0.3, -0.25) is 4.90 Å². The fourth-order valence-corrected chi connectivity index (χ4v) is 2.65. The van der Waals surface area contributed by atoms with Crippen molar-refractivity contribution in [1.29, 1.82) is 0 Å². The fourth-order valence-electron chi connectivity index (χ4n) is 2.65. The number of rotatable bonds is 7. The average molecular weight is 256 g/mol. The van der Waals surface area contributed by atoms with Crippen LogP contribution in [0.2, 0.25) is 0 Å². The molecule has 3 atom stereocenters. The van der Waals surface area contributed by atoms with Crippen molar-refractivity contribution in [1.82, 2.24) is 10.2 Å². The summed E-state index contributed by atoms with van der Waals surface area (Å²) >= 11 is 0. The molecule has 0 aromatic heterocycles. The van der Waals surface area contributed by atoms with Crippen molar-refractivity contribution >= 4 is 0 Å². The molecule has 108 valence electrons.